The van der Waals surface area contributed by atoms with Crippen LogP contribution in [0.15, 0.2) is 30.5 Å². The molecular formula is C9H9N3S. The van der Waals surface area contributed by atoms with Crippen LogP contribution in [-0.4, -0.2) is 4.98 Å². The van der Waals surface area contributed by atoms with Crippen molar-refractivity contribution in [1.82, 2.24) is 4.98 Å². The number of benzene rings is 1. The lowest BCUT2D eigenvalue weighted by Crippen LogP contribution is -1.86. The van der Waals surface area contributed by atoms with E-state index >= 15 is 0 Å². The molecule has 0 bridgehead atoms. The fourth-order valence-electron chi connectivity index (χ4n) is 1.13. The minimum absolute atomic E-state index is 0.568. The molecule has 4 N–H and O–H groups in total. The molecule has 1 aromatic carbocycles. The van der Waals surface area contributed by atoms with Crippen molar-refractivity contribution in [3.63, 3.8) is 0 Å². The number of rotatable bonds is 1. The summed E-state index contributed by atoms with van der Waals surface area (Å²) in [6.07, 6.45) is 1.74. The zero-order valence-corrected chi connectivity index (χ0v) is 7.71. The Kier molecular flexibility index (Phi) is 1.90. The summed E-state index contributed by atoms with van der Waals surface area (Å²) in [5.41, 5.74) is 13.1. The lowest BCUT2D eigenvalue weighted by atomic mass is 10.1. The second-order valence-corrected chi connectivity index (χ2v) is 3.71. The molecule has 0 spiro atoms. The number of hydrogen-bond donors (Lipinski definition) is 2. The summed E-state index contributed by atoms with van der Waals surface area (Å²) in [5, 5.41) is 0.568. The molecule has 0 saturated carbocycles. The van der Waals surface area contributed by atoms with Crippen LogP contribution in [0.4, 0.5) is 10.8 Å². The number of thiazole rings is 1. The quantitative estimate of drug-likeness (QED) is 0.677. The molecule has 0 aliphatic heterocycles. The van der Waals surface area contributed by atoms with E-state index in [1.165, 1.54) is 11.3 Å². The molecule has 2 aromatic rings. The molecule has 0 atom stereocenters. The van der Waals surface area contributed by atoms with Crippen LogP contribution in [0.25, 0.3) is 10.4 Å². The normalized spacial score (nSPS) is 10.2. The Morgan fingerprint density at radius 1 is 1.15 bits per heavy atom. The molecule has 2 rings (SSSR count). The van der Waals surface area contributed by atoms with E-state index in [4.69, 9.17) is 11.5 Å². The molecule has 1 aromatic heterocycles. The first kappa shape index (κ1) is 8.07. The molecule has 0 aliphatic carbocycles. The highest BCUT2D eigenvalue weighted by molar-refractivity contribution is 7.18. The molecule has 0 fully saturated rings. The van der Waals surface area contributed by atoms with Gasteiger partial charge in [0.2, 0.25) is 0 Å². The summed E-state index contributed by atoms with van der Waals surface area (Å²) >= 11 is 1.44. The molecule has 66 valence electrons. The molecule has 4 heteroatoms. The first-order valence-corrected chi connectivity index (χ1v) is 4.65. The first-order chi connectivity index (χ1) is 6.27. The minimum Gasteiger partial charge on any atom is -0.398 e. The Morgan fingerprint density at radius 2 is 1.92 bits per heavy atom. The van der Waals surface area contributed by atoms with Crippen molar-refractivity contribution in [2.45, 2.75) is 0 Å². The van der Waals surface area contributed by atoms with E-state index in [0.29, 0.717) is 5.13 Å². The Hall–Kier alpha value is -1.55. The molecule has 13 heavy (non-hydrogen) atoms. The van der Waals surface area contributed by atoms with Gasteiger partial charge in [0.1, 0.15) is 0 Å². The highest BCUT2D eigenvalue weighted by Gasteiger charge is 2.04. The third kappa shape index (κ3) is 1.48. The Balaban J connectivity index is 2.52. The maximum Gasteiger partial charge on any atom is 0.180 e. The summed E-state index contributed by atoms with van der Waals surface area (Å²) in [4.78, 5) is 4.98. The third-order valence-electron chi connectivity index (χ3n) is 1.75. The number of nitrogens with zero attached hydrogens (tertiary/aromatic N) is 1. The fraction of sp³-hybridized carbons (Fsp3) is 0. The molecule has 0 unspecified atom stereocenters. The largest absolute Gasteiger partial charge is 0.398 e. The maximum absolute atomic E-state index is 5.80. The summed E-state index contributed by atoms with van der Waals surface area (Å²) in [7, 11) is 0. The topological polar surface area (TPSA) is 64.9 Å². The smallest absolute Gasteiger partial charge is 0.180 e. The Labute approximate surface area is 80.0 Å². The van der Waals surface area contributed by atoms with Crippen LogP contribution >= 0.6 is 11.3 Å². The van der Waals surface area contributed by atoms with Crippen molar-refractivity contribution >= 4 is 22.2 Å². The van der Waals surface area contributed by atoms with E-state index in [9.17, 15) is 0 Å². The minimum atomic E-state index is 0.568. The monoisotopic (exact) mass is 191 g/mol. The number of nitrogen functional groups attached to an aromatic ring is 2. The molecule has 0 amide bonds. The van der Waals surface area contributed by atoms with Gasteiger partial charge in [-0.1, -0.05) is 29.5 Å². The average molecular weight is 191 g/mol. The van der Waals surface area contributed by atoms with E-state index in [1.54, 1.807) is 6.20 Å². The fourth-order valence-corrected chi connectivity index (χ4v) is 1.87. The van der Waals surface area contributed by atoms with E-state index in [2.05, 4.69) is 4.98 Å². The number of anilines is 2. The third-order valence-corrected chi connectivity index (χ3v) is 2.61. The van der Waals surface area contributed by atoms with Gasteiger partial charge in [0.05, 0.1) is 4.88 Å². The van der Waals surface area contributed by atoms with E-state index in [0.717, 1.165) is 16.1 Å². The van der Waals surface area contributed by atoms with Gasteiger partial charge in [-0.15, -0.1) is 0 Å². The van der Waals surface area contributed by atoms with Gasteiger partial charge in [-0.3, -0.25) is 0 Å². The van der Waals surface area contributed by atoms with Crippen molar-refractivity contribution in [2.24, 2.45) is 0 Å². The van der Waals surface area contributed by atoms with Crippen LogP contribution in [0.3, 0.4) is 0 Å². The lowest BCUT2D eigenvalue weighted by Gasteiger charge is -1.99. The zero-order valence-electron chi connectivity index (χ0n) is 6.90. The Bertz CT molecular complexity index is 422. The summed E-state index contributed by atoms with van der Waals surface area (Å²) < 4.78 is 0. The first-order valence-electron chi connectivity index (χ1n) is 3.83. The van der Waals surface area contributed by atoms with Gasteiger partial charge in [-0.25, -0.2) is 4.98 Å². The molecule has 0 radical (unpaired) electrons. The second kappa shape index (κ2) is 3.06. The summed E-state index contributed by atoms with van der Waals surface area (Å²) in [6, 6.07) is 7.68. The van der Waals surface area contributed by atoms with Gasteiger partial charge in [0.25, 0.3) is 0 Å². The Morgan fingerprint density at radius 3 is 2.54 bits per heavy atom. The van der Waals surface area contributed by atoms with Gasteiger partial charge in [-0.2, -0.15) is 0 Å². The molecule has 0 aliphatic rings. The number of aromatic nitrogens is 1. The van der Waals surface area contributed by atoms with Crippen molar-refractivity contribution < 1.29 is 0 Å². The van der Waals surface area contributed by atoms with Crippen LogP contribution in [0.2, 0.25) is 0 Å². The second-order valence-electron chi connectivity index (χ2n) is 2.65. The molecular weight excluding hydrogens is 182 g/mol. The van der Waals surface area contributed by atoms with E-state index < -0.39 is 0 Å². The van der Waals surface area contributed by atoms with Crippen LogP contribution in [-0.2, 0) is 0 Å². The van der Waals surface area contributed by atoms with Crippen LogP contribution in [0.5, 0.6) is 0 Å². The standard InChI is InChI=1S/C9H9N3S/c10-7-4-2-1-3-6(7)8-5-12-9(11)13-8/h1-5H,10H2,(H2,11,12). The van der Waals surface area contributed by atoms with Gasteiger partial charge in [0.15, 0.2) is 5.13 Å². The van der Waals surface area contributed by atoms with Crippen molar-refractivity contribution in [3.8, 4) is 10.4 Å². The van der Waals surface area contributed by atoms with Crippen molar-refractivity contribution in [1.29, 1.82) is 0 Å². The highest BCUT2D eigenvalue weighted by atomic mass is 32.1. The van der Waals surface area contributed by atoms with Crippen LogP contribution in [0, 0.1) is 0 Å². The van der Waals surface area contributed by atoms with Gasteiger partial charge < -0.3 is 11.5 Å². The maximum atomic E-state index is 5.80. The van der Waals surface area contributed by atoms with Crippen LogP contribution in [0.1, 0.15) is 0 Å². The van der Waals surface area contributed by atoms with Crippen molar-refractivity contribution in [3.05, 3.63) is 30.5 Å². The molecule has 0 saturated heterocycles. The van der Waals surface area contributed by atoms with Gasteiger partial charge in [0, 0.05) is 17.4 Å². The SMILES string of the molecule is Nc1ncc(-c2ccccc2N)s1. The lowest BCUT2D eigenvalue weighted by molar-refractivity contribution is 1.42. The molecule has 3 nitrogen and oxygen atoms in total. The average Bonchev–Trinajstić information content (AvgIpc) is 2.53. The van der Waals surface area contributed by atoms with Gasteiger partial charge in [-0.05, 0) is 6.07 Å². The number of para-hydroxylation sites is 1. The zero-order chi connectivity index (χ0) is 9.26. The number of hydrogen-bond acceptors (Lipinski definition) is 4. The predicted molar refractivity (Wildman–Crippen MR) is 56.4 cm³/mol. The molecule has 1 heterocycles. The van der Waals surface area contributed by atoms with Gasteiger partial charge >= 0.3 is 0 Å². The predicted octanol–water partition coefficient (Wildman–Crippen LogP) is 1.97. The van der Waals surface area contributed by atoms with Crippen molar-refractivity contribution in [2.75, 3.05) is 11.5 Å². The van der Waals surface area contributed by atoms with E-state index in [-0.39, 0.29) is 0 Å². The number of nitrogens with two attached hydrogens (primary N) is 2. The summed E-state index contributed by atoms with van der Waals surface area (Å²) in [5.74, 6) is 0. The highest BCUT2D eigenvalue weighted by Crippen LogP contribution is 2.30. The van der Waals surface area contributed by atoms with Crippen LogP contribution < -0.4 is 11.5 Å². The summed E-state index contributed by atoms with van der Waals surface area (Å²) in [6.45, 7) is 0. The van der Waals surface area contributed by atoms with E-state index in [1.807, 2.05) is 24.3 Å².